The number of rotatable bonds is 1. The van der Waals surface area contributed by atoms with Crippen LogP contribution in [0.2, 0.25) is 0 Å². The van der Waals surface area contributed by atoms with Gasteiger partial charge < -0.3 is 10.1 Å². The Morgan fingerprint density at radius 2 is 2.33 bits per heavy atom. The molecule has 2 rings (SSSR count). The molecule has 0 aromatic carbocycles. The van der Waals surface area contributed by atoms with E-state index in [0.29, 0.717) is 12.5 Å². The zero-order valence-electron chi connectivity index (χ0n) is 6.66. The van der Waals surface area contributed by atoms with E-state index in [1.165, 1.54) is 0 Å². The Labute approximate surface area is 71.1 Å². The summed E-state index contributed by atoms with van der Waals surface area (Å²) in [4.78, 5) is 4.20. The number of aliphatic imine (C=N–C) groups is 1. The molecule has 0 spiro atoms. The summed E-state index contributed by atoms with van der Waals surface area (Å²) in [5.74, 6) is 0.714. The van der Waals surface area contributed by atoms with Crippen molar-refractivity contribution in [1.82, 2.24) is 5.32 Å². The summed E-state index contributed by atoms with van der Waals surface area (Å²) >= 11 is 0. The average Bonchev–Trinajstić information content (AvgIpc) is 2.48. The van der Waals surface area contributed by atoms with Crippen molar-refractivity contribution in [3.8, 4) is 0 Å². The van der Waals surface area contributed by atoms with E-state index in [-0.39, 0.29) is 0 Å². The second kappa shape index (κ2) is 3.26. The van der Waals surface area contributed by atoms with Crippen molar-refractivity contribution in [3.05, 3.63) is 36.2 Å². The fourth-order valence-corrected chi connectivity index (χ4v) is 1.09. The largest absolute Gasteiger partial charge is 0.474 e. The van der Waals surface area contributed by atoms with Gasteiger partial charge in [-0.25, -0.2) is 4.99 Å². The van der Waals surface area contributed by atoms with Gasteiger partial charge in [0.2, 0.25) is 5.90 Å². The normalized spacial score (nSPS) is 20.7. The third kappa shape index (κ3) is 1.39. The van der Waals surface area contributed by atoms with Crippen molar-refractivity contribution in [2.75, 3.05) is 13.2 Å². The molecule has 0 aliphatic carbocycles. The fraction of sp³-hybridized carbons (Fsp3) is 0.222. The molecule has 0 atom stereocenters. The summed E-state index contributed by atoms with van der Waals surface area (Å²) in [6.07, 6.45) is 9.65. The second-order valence-electron chi connectivity index (χ2n) is 2.50. The minimum Gasteiger partial charge on any atom is -0.474 e. The van der Waals surface area contributed by atoms with Crippen molar-refractivity contribution < 1.29 is 4.74 Å². The Morgan fingerprint density at radius 3 is 3.17 bits per heavy atom. The van der Waals surface area contributed by atoms with Crippen LogP contribution < -0.4 is 5.32 Å². The first-order valence-electron chi connectivity index (χ1n) is 3.94. The molecule has 12 heavy (non-hydrogen) atoms. The van der Waals surface area contributed by atoms with Gasteiger partial charge in [-0.15, -0.1) is 0 Å². The van der Waals surface area contributed by atoms with Crippen molar-refractivity contribution in [2.24, 2.45) is 4.99 Å². The van der Waals surface area contributed by atoms with Crippen molar-refractivity contribution in [2.45, 2.75) is 0 Å². The predicted molar refractivity (Wildman–Crippen MR) is 47.8 cm³/mol. The van der Waals surface area contributed by atoms with Crippen LogP contribution in [0.1, 0.15) is 0 Å². The van der Waals surface area contributed by atoms with Gasteiger partial charge in [0, 0.05) is 6.20 Å². The summed E-state index contributed by atoms with van der Waals surface area (Å²) in [6.45, 7) is 1.46. The highest BCUT2D eigenvalue weighted by molar-refractivity contribution is 5.94. The van der Waals surface area contributed by atoms with Crippen molar-refractivity contribution in [1.29, 1.82) is 0 Å². The molecule has 0 saturated carbocycles. The van der Waals surface area contributed by atoms with Crippen molar-refractivity contribution in [3.63, 3.8) is 0 Å². The van der Waals surface area contributed by atoms with Gasteiger partial charge in [-0.05, 0) is 12.2 Å². The molecule has 3 heteroatoms. The lowest BCUT2D eigenvalue weighted by Gasteiger charge is -2.04. The van der Waals surface area contributed by atoms with E-state index in [0.717, 1.165) is 12.2 Å². The van der Waals surface area contributed by atoms with Gasteiger partial charge in [0.15, 0.2) is 0 Å². The van der Waals surface area contributed by atoms with E-state index in [1.54, 1.807) is 0 Å². The molecular formula is C9H10N2O. The lowest BCUT2D eigenvalue weighted by Crippen LogP contribution is -2.15. The smallest absolute Gasteiger partial charge is 0.233 e. The topological polar surface area (TPSA) is 33.6 Å². The third-order valence-corrected chi connectivity index (χ3v) is 1.64. The maximum Gasteiger partial charge on any atom is 0.233 e. The summed E-state index contributed by atoms with van der Waals surface area (Å²) in [6, 6.07) is 0. The number of ether oxygens (including phenoxy) is 1. The zero-order chi connectivity index (χ0) is 8.23. The molecule has 62 valence electrons. The lowest BCUT2D eigenvalue weighted by atomic mass is 10.4. The van der Waals surface area contributed by atoms with Crippen LogP contribution in [0.5, 0.6) is 0 Å². The van der Waals surface area contributed by atoms with Crippen LogP contribution in [0.15, 0.2) is 41.2 Å². The highest BCUT2D eigenvalue weighted by atomic mass is 16.5. The third-order valence-electron chi connectivity index (χ3n) is 1.64. The SMILES string of the molecule is C1=CC=C(C2=NCCO2)NC=C1. The van der Waals surface area contributed by atoms with Gasteiger partial charge in [0.25, 0.3) is 0 Å². The first-order valence-corrected chi connectivity index (χ1v) is 3.94. The Bertz CT molecular complexity index is 287. The van der Waals surface area contributed by atoms with E-state index in [2.05, 4.69) is 10.3 Å². The highest BCUT2D eigenvalue weighted by Crippen LogP contribution is 2.04. The number of allylic oxidation sites excluding steroid dienone is 4. The summed E-state index contributed by atoms with van der Waals surface area (Å²) in [5, 5.41) is 3.09. The van der Waals surface area contributed by atoms with Crippen LogP contribution in [0.3, 0.4) is 0 Å². The molecule has 0 amide bonds. The summed E-state index contributed by atoms with van der Waals surface area (Å²) < 4.78 is 5.30. The van der Waals surface area contributed by atoms with E-state index in [9.17, 15) is 0 Å². The van der Waals surface area contributed by atoms with Gasteiger partial charge in [-0.3, -0.25) is 0 Å². The summed E-state index contributed by atoms with van der Waals surface area (Å²) in [7, 11) is 0. The minimum absolute atomic E-state index is 0.696. The molecule has 2 heterocycles. The number of hydrogen-bond donors (Lipinski definition) is 1. The Morgan fingerprint density at radius 1 is 1.33 bits per heavy atom. The monoisotopic (exact) mass is 162 g/mol. The molecule has 0 bridgehead atoms. The van der Waals surface area contributed by atoms with Crippen LogP contribution >= 0.6 is 0 Å². The highest BCUT2D eigenvalue weighted by Gasteiger charge is 2.11. The van der Waals surface area contributed by atoms with Crippen LogP contribution in [0, 0.1) is 0 Å². The standard InChI is InChI=1S/C9H10N2O/c1-2-4-8(10-5-3-1)9-11-6-7-12-9/h1-5,10H,6-7H2. The van der Waals surface area contributed by atoms with Gasteiger partial charge in [-0.1, -0.05) is 12.2 Å². The number of nitrogens with zero attached hydrogens (tertiary/aromatic N) is 1. The maximum atomic E-state index is 5.30. The average molecular weight is 162 g/mol. The molecule has 2 aliphatic rings. The van der Waals surface area contributed by atoms with E-state index in [4.69, 9.17) is 4.74 Å². The second-order valence-corrected chi connectivity index (χ2v) is 2.50. The number of hydrogen-bond acceptors (Lipinski definition) is 3. The molecule has 0 unspecified atom stereocenters. The zero-order valence-corrected chi connectivity index (χ0v) is 6.66. The van der Waals surface area contributed by atoms with E-state index < -0.39 is 0 Å². The molecule has 0 fully saturated rings. The molecular weight excluding hydrogens is 152 g/mol. The first-order chi connectivity index (χ1) is 5.97. The predicted octanol–water partition coefficient (Wildman–Crippen LogP) is 0.972. The molecule has 0 aromatic heterocycles. The first kappa shape index (κ1) is 7.16. The van der Waals surface area contributed by atoms with Crippen LogP contribution in [0.25, 0.3) is 0 Å². The Hall–Kier alpha value is -1.51. The minimum atomic E-state index is 0.696. The van der Waals surface area contributed by atoms with Gasteiger partial charge in [-0.2, -0.15) is 0 Å². The van der Waals surface area contributed by atoms with Gasteiger partial charge in [0.1, 0.15) is 12.3 Å². The van der Waals surface area contributed by atoms with Crippen LogP contribution in [-0.2, 0) is 4.74 Å². The quantitative estimate of drug-likeness (QED) is 0.623. The van der Waals surface area contributed by atoms with E-state index in [1.807, 2.05) is 30.5 Å². The molecule has 0 saturated heterocycles. The molecule has 0 radical (unpaired) electrons. The maximum absolute atomic E-state index is 5.30. The summed E-state index contributed by atoms with van der Waals surface area (Å²) in [5.41, 5.74) is 0.928. The number of nitrogens with one attached hydrogen (secondary N) is 1. The molecule has 2 aliphatic heterocycles. The van der Waals surface area contributed by atoms with Crippen molar-refractivity contribution >= 4 is 5.90 Å². The van der Waals surface area contributed by atoms with Gasteiger partial charge in [0.05, 0.1) is 6.54 Å². The molecule has 0 aromatic rings. The molecule has 1 N–H and O–H groups in total. The van der Waals surface area contributed by atoms with Crippen LogP contribution in [-0.4, -0.2) is 19.0 Å². The fourth-order valence-electron chi connectivity index (χ4n) is 1.09. The lowest BCUT2D eigenvalue weighted by molar-refractivity contribution is 0.346. The Kier molecular flexibility index (Phi) is 1.94. The molecule has 3 nitrogen and oxygen atoms in total. The van der Waals surface area contributed by atoms with E-state index >= 15 is 0 Å². The van der Waals surface area contributed by atoms with Gasteiger partial charge >= 0.3 is 0 Å². The van der Waals surface area contributed by atoms with Crippen LogP contribution in [0.4, 0.5) is 0 Å². The Balaban J connectivity index is 2.17.